The number of alkyl halides is 3. The van der Waals surface area contributed by atoms with Gasteiger partial charge in [-0.3, -0.25) is 4.72 Å². The molecule has 0 aliphatic rings. The molecule has 0 bridgehead atoms. The number of nitrogens with zero attached hydrogens (tertiary/aromatic N) is 4. The van der Waals surface area contributed by atoms with Gasteiger partial charge in [0.05, 0.1) is 12.1 Å². The fourth-order valence-corrected chi connectivity index (χ4v) is 3.71. The Labute approximate surface area is 223 Å². The van der Waals surface area contributed by atoms with E-state index < -0.39 is 6.36 Å². The lowest BCUT2D eigenvalue weighted by atomic mass is 10.0. The predicted molar refractivity (Wildman–Crippen MR) is 146 cm³/mol. The number of anilines is 3. The second kappa shape index (κ2) is 13.0. The minimum atomic E-state index is -4.74. The van der Waals surface area contributed by atoms with Gasteiger partial charge in [-0.1, -0.05) is 32.0 Å². The number of nitrogens with one attached hydrogen (secondary N) is 2. The zero-order chi connectivity index (χ0) is 27.7. The Morgan fingerprint density at radius 3 is 2.39 bits per heavy atom. The van der Waals surface area contributed by atoms with Crippen molar-refractivity contribution in [3.8, 4) is 5.75 Å². The van der Waals surface area contributed by atoms with Crippen LogP contribution in [0, 0.1) is 0 Å². The van der Waals surface area contributed by atoms with E-state index in [4.69, 9.17) is 0 Å². The van der Waals surface area contributed by atoms with Crippen LogP contribution in [-0.4, -0.2) is 35.6 Å². The van der Waals surface area contributed by atoms with E-state index in [1.165, 1.54) is 24.3 Å². The summed E-state index contributed by atoms with van der Waals surface area (Å²) >= 11 is 0.899. The molecule has 2 aromatic carbocycles. The summed E-state index contributed by atoms with van der Waals surface area (Å²) in [7, 11) is 1.70. The van der Waals surface area contributed by atoms with Crippen molar-refractivity contribution in [2.45, 2.75) is 33.1 Å². The summed E-state index contributed by atoms with van der Waals surface area (Å²) in [5.41, 5.74) is 3.91. The van der Waals surface area contributed by atoms with Gasteiger partial charge in [0, 0.05) is 42.6 Å². The van der Waals surface area contributed by atoms with Crippen molar-refractivity contribution in [2.75, 3.05) is 17.3 Å². The van der Waals surface area contributed by atoms with Crippen molar-refractivity contribution in [3.63, 3.8) is 0 Å². The number of hydrogen-bond acceptors (Lipinski definition) is 7. The third-order valence-electron chi connectivity index (χ3n) is 5.09. The number of amides is 2. The molecule has 200 valence electrons. The molecular formula is C26H27F3N6O2S. The average Bonchev–Trinajstić information content (AvgIpc) is 2.86. The zero-order valence-electron chi connectivity index (χ0n) is 21.2. The van der Waals surface area contributed by atoms with Gasteiger partial charge in [-0.15, -0.1) is 13.2 Å². The number of urea groups is 1. The molecule has 2 N–H and O–H groups in total. The first-order valence-electron chi connectivity index (χ1n) is 11.5. The highest BCUT2D eigenvalue weighted by Crippen LogP contribution is 2.27. The summed E-state index contributed by atoms with van der Waals surface area (Å²) in [6.45, 7) is 5.96. The third kappa shape index (κ3) is 8.80. The number of para-hydroxylation sites is 1. The summed E-state index contributed by atoms with van der Waals surface area (Å²) in [4.78, 5) is 22.4. The molecule has 3 aromatic rings. The van der Waals surface area contributed by atoms with Crippen LogP contribution in [0.3, 0.4) is 0 Å². The Morgan fingerprint density at radius 2 is 1.76 bits per heavy atom. The lowest BCUT2D eigenvalue weighted by Crippen LogP contribution is -2.23. The van der Waals surface area contributed by atoms with Gasteiger partial charge in [0.25, 0.3) is 0 Å². The minimum absolute atomic E-state index is 0.275. The molecule has 1 aromatic heterocycles. The van der Waals surface area contributed by atoms with Crippen LogP contribution in [0.4, 0.5) is 35.3 Å². The van der Waals surface area contributed by atoms with Gasteiger partial charge in [-0.2, -0.15) is 0 Å². The molecule has 8 nitrogen and oxygen atoms in total. The number of allylic oxidation sites excluding steroid dienone is 1. The van der Waals surface area contributed by atoms with E-state index in [1.807, 2.05) is 37.3 Å². The highest BCUT2D eigenvalue weighted by Gasteiger charge is 2.31. The van der Waals surface area contributed by atoms with Crippen molar-refractivity contribution in [1.82, 2.24) is 14.7 Å². The van der Waals surface area contributed by atoms with Crippen molar-refractivity contribution < 1.29 is 22.7 Å². The third-order valence-corrected chi connectivity index (χ3v) is 5.58. The summed E-state index contributed by atoms with van der Waals surface area (Å²) < 4.78 is 47.6. The van der Waals surface area contributed by atoms with Crippen LogP contribution in [0.2, 0.25) is 0 Å². The minimum Gasteiger partial charge on any atom is -0.406 e. The van der Waals surface area contributed by atoms with Crippen LogP contribution in [0.25, 0.3) is 6.08 Å². The van der Waals surface area contributed by atoms with E-state index in [-0.39, 0.29) is 17.7 Å². The molecule has 0 aliphatic heterocycles. The van der Waals surface area contributed by atoms with E-state index in [0.717, 1.165) is 34.5 Å². The van der Waals surface area contributed by atoms with Crippen LogP contribution >= 0.6 is 12.1 Å². The van der Waals surface area contributed by atoms with Gasteiger partial charge in [-0.05, 0) is 60.4 Å². The van der Waals surface area contributed by atoms with Crippen LogP contribution in [0.1, 0.15) is 37.8 Å². The molecule has 0 spiro atoms. The monoisotopic (exact) mass is 544 g/mol. The quantitative estimate of drug-likeness (QED) is 0.220. The Hall–Kier alpha value is -4.06. The van der Waals surface area contributed by atoms with Crippen molar-refractivity contribution in [1.29, 1.82) is 0 Å². The Balaban J connectivity index is 1.51. The van der Waals surface area contributed by atoms with Gasteiger partial charge in [0.1, 0.15) is 5.75 Å². The second-order valence-electron chi connectivity index (χ2n) is 8.43. The number of carbonyl (C=O) groups excluding carboxylic acids is 1. The number of hydrogen-bond donors (Lipinski definition) is 2. The number of rotatable bonds is 9. The fraction of sp³-hybridized carbons (Fsp3) is 0.231. The summed E-state index contributed by atoms with van der Waals surface area (Å²) in [5.74, 6) is 0.332. The van der Waals surface area contributed by atoms with E-state index in [1.54, 1.807) is 30.6 Å². The van der Waals surface area contributed by atoms with Crippen molar-refractivity contribution in [2.24, 2.45) is 4.40 Å². The fourth-order valence-electron chi connectivity index (χ4n) is 3.31. The van der Waals surface area contributed by atoms with Crippen LogP contribution in [0.15, 0.2) is 70.9 Å². The van der Waals surface area contributed by atoms with Crippen LogP contribution in [0.5, 0.6) is 5.75 Å². The largest absolute Gasteiger partial charge is 0.573 e. The van der Waals surface area contributed by atoms with E-state index in [0.29, 0.717) is 11.6 Å². The highest BCUT2D eigenvalue weighted by atomic mass is 32.2. The first kappa shape index (κ1) is 28.5. The maximum Gasteiger partial charge on any atom is 0.573 e. The van der Waals surface area contributed by atoms with Gasteiger partial charge in [-0.25, -0.2) is 19.2 Å². The maximum absolute atomic E-state index is 12.3. The maximum atomic E-state index is 12.3. The molecule has 3 rings (SSSR count). The molecule has 0 aliphatic carbocycles. The zero-order valence-corrected chi connectivity index (χ0v) is 22.0. The average molecular weight is 545 g/mol. The highest BCUT2D eigenvalue weighted by molar-refractivity contribution is 7.96. The molecule has 0 atom stereocenters. The Kier molecular flexibility index (Phi) is 9.72. The Bertz CT molecular complexity index is 1280. The summed E-state index contributed by atoms with van der Waals surface area (Å²) in [6, 6.07) is 12.7. The SMILES string of the molecule is C/C(C=NSNC(=O)Nc1ccccc1C(C)C)=C\c1cnc(N(C)c2ccc(OC(F)(F)F)cc2)nc1. The second-order valence-corrected chi connectivity index (χ2v) is 9.03. The number of halogens is 3. The molecule has 0 fully saturated rings. The molecule has 0 saturated heterocycles. The van der Waals surface area contributed by atoms with Crippen LogP contribution < -0.4 is 19.7 Å². The number of benzene rings is 2. The van der Waals surface area contributed by atoms with Crippen molar-refractivity contribution in [3.05, 3.63) is 77.6 Å². The van der Waals surface area contributed by atoms with Crippen LogP contribution in [-0.2, 0) is 0 Å². The van der Waals surface area contributed by atoms with Gasteiger partial charge < -0.3 is 15.0 Å². The molecule has 38 heavy (non-hydrogen) atoms. The van der Waals surface area contributed by atoms with E-state index in [9.17, 15) is 18.0 Å². The number of ether oxygens (including phenoxy) is 1. The smallest absolute Gasteiger partial charge is 0.406 e. The molecule has 2 amide bonds. The van der Waals surface area contributed by atoms with Crippen molar-refractivity contribution >= 4 is 47.8 Å². The predicted octanol–water partition coefficient (Wildman–Crippen LogP) is 7.13. The number of aromatic nitrogens is 2. The number of carbonyl (C=O) groups is 1. The lowest BCUT2D eigenvalue weighted by molar-refractivity contribution is -0.274. The summed E-state index contributed by atoms with van der Waals surface area (Å²) in [5, 5.41) is 2.83. The molecular weight excluding hydrogens is 517 g/mol. The van der Waals surface area contributed by atoms with Gasteiger partial charge in [0.15, 0.2) is 0 Å². The van der Waals surface area contributed by atoms with Gasteiger partial charge >= 0.3 is 12.4 Å². The normalized spacial score (nSPS) is 12.1. The van der Waals surface area contributed by atoms with E-state index in [2.05, 4.69) is 43.0 Å². The Morgan fingerprint density at radius 1 is 1.11 bits per heavy atom. The first-order chi connectivity index (χ1) is 18.0. The summed E-state index contributed by atoms with van der Waals surface area (Å²) in [6.07, 6.45) is 1.89. The lowest BCUT2D eigenvalue weighted by Gasteiger charge is -2.17. The topological polar surface area (TPSA) is 91.7 Å². The molecule has 0 radical (unpaired) electrons. The molecule has 1 heterocycles. The molecule has 0 saturated carbocycles. The van der Waals surface area contributed by atoms with Gasteiger partial charge in [0.2, 0.25) is 5.95 Å². The molecule has 12 heteroatoms. The van der Waals surface area contributed by atoms with E-state index >= 15 is 0 Å². The first-order valence-corrected chi connectivity index (χ1v) is 12.2. The standard InChI is InChI=1S/C26H27F3N6O2S/c1-17(2)22-7-5-6-8-23(22)33-25(36)34-38-32-14-18(3)13-19-15-30-24(31-16-19)35(4)20-9-11-21(12-10-20)37-26(27,28)29/h5-17H,1-4H3,(H2,33,34,36)/b18-13+,32-14?. The molecule has 0 unspecified atom stereocenters.